The van der Waals surface area contributed by atoms with Gasteiger partial charge in [0.2, 0.25) is 5.91 Å². The third-order valence-electron chi connectivity index (χ3n) is 6.16. The summed E-state index contributed by atoms with van der Waals surface area (Å²) < 4.78 is 0. The Labute approximate surface area is 228 Å². The van der Waals surface area contributed by atoms with Gasteiger partial charge in [-0.05, 0) is 30.2 Å². The number of carbonyl (C=O) groups is 4. The predicted octanol–water partition coefficient (Wildman–Crippen LogP) is -0.0342. The van der Waals surface area contributed by atoms with Crippen LogP contribution in [0, 0.1) is 0 Å². The standard InChI is InChI=1S/C27H38N6O6/c1-2-3-4-23-17-33(13-14-34)24(15-21-5-7-22(8-6-21)30-25(35)16-28)18-32(20-27(38)39)12-11-31(10-9-29-23)19-26(36)37/h2-8,14,24H,1,9-13,15-20,28H2,(H,30,35)(H,36,37)(H,38,39)/b4-3-,29-23?. The molecule has 0 bridgehead atoms. The zero-order valence-electron chi connectivity index (χ0n) is 22.1. The van der Waals surface area contributed by atoms with Crippen molar-refractivity contribution < 1.29 is 29.4 Å². The second-order valence-electron chi connectivity index (χ2n) is 9.17. The zero-order valence-corrected chi connectivity index (χ0v) is 22.1. The fraction of sp³-hybridized carbons (Fsp3) is 0.444. The summed E-state index contributed by atoms with van der Waals surface area (Å²) in [5, 5.41) is 21.6. The molecule has 1 heterocycles. The molecule has 12 heteroatoms. The summed E-state index contributed by atoms with van der Waals surface area (Å²) >= 11 is 0. The van der Waals surface area contributed by atoms with E-state index < -0.39 is 11.9 Å². The van der Waals surface area contributed by atoms with Gasteiger partial charge in [-0.25, -0.2) is 0 Å². The number of amides is 1. The van der Waals surface area contributed by atoms with Crippen LogP contribution < -0.4 is 11.1 Å². The molecule has 1 aliphatic rings. The number of aliphatic imine (C=N–C) groups is 1. The number of aliphatic carboxylic acids is 2. The molecule has 12 nitrogen and oxygen atoms in total. The largest absolute Gasteiger partial charge is 0.480 e. The van der Waals surface area contributed by atoms with Crippen molar-refractivity contribution in [1.82, 2.24) is 14.7 Å². The van der Waals surface area contributed by atoms with Crippen LogP contribution in [0.15, 0.2) is 54.1 Å². The van der Waals surface area contributed by atoms with E-state index in [0.29, 0.717) is 57.1 Å². The van der Waals surface area contributed by atoms with Gasteiger partial charge in [-0.2, -0.15) is 0 Å². The van der Waals surface area contributed by atoms with Crippen LogP contribution in [0.3, 0.4) is 0 Å². The number of aldehydes is 1. The lowest BCUT2D eigenvalue weighted by atomic mass is 10.0. The molecule has 5 N–H and O–H groups in total. The van der Waals surface area contributed by atoms with E-state index in [1.807, 2.05) is 17.0 Å². The van der Waals surface area contributed by atoms with Crippen molar-refractivity contribution >= 4 is 35.5 Å². The number of allylic oxidation sites excluding steroid dienone is 2. The number of benzene rings is 1. The average molecular weight is 543 g/mol. The maximum Gasteiger partial charge on any atom is 0.317 e. The lowest BCUT2D eigenvalue weighted by molar-refractivity contribution is -0.140. The third-order valence-corrected chi connectivity index (χ3v) is 6.16. The van der Waals surface area contributed by atoms with Crippen LogP contribution in [-0.2, 0) is 25.6 Å². The first-order valence-electron chi connectivity index (χ1n) is 12.7. The SMILES string of the molecule is C=C/C=C\C1=NCCN(CC(=O)O)CCN(CC(=O)O)CC(Cc2ccc(NC(=O)CN)cc2)N(CC=O)C1. The van der Waals surface area contributed by atoms with E-state index in [0.717, 1.165) is 11.8 Å². The van der Waals surface area contributed by atoms with Crippen LogP contribution in [0.5, 0.6) is 0 Å². The van der Waals surface area contributed by atoms with E-state index in [4.69, 9.17) is 5.73 Å². The van der Waals surface area contributed by atoms with Crippen molar-refractivity contribution in [3.63, 3.8) is 0 Å². The van der Waals surface area contributed by atoms with E-state index in [2.05, 4.69) is 16.9 Å². The van der Waals surface area contributed by atoms with Gasteiger partial charge in [-0.3, -0.25) is 34.1 Å². The molecule has 0 aliphatic carbocycles. The Morgan fingerprint density at radius 3 is 2.36 bits per heavy atom. The lowest BCUT2D eigenvalue weighted by Crippen LogP contribution is -2.51. The minimum absolute atomic E-state index is 0.113. The summed E-state index contributed by atoms with van der Waals surface area (Å²) in [7, 11) is 0. The van der Waals surface area contributed by atoms with Gasteiger partial charge in [0.1, 0.15) is 6.29 Å². The van der Waals surface area contributed by atoms with Gasteiger partial charge < -0.3 is 26.1 Å². The Balaban J connectivity index is 2.42. The molecule has 212 valence electrons. The molecule has 1 aromatic rings. The van der Waals surface area contributed by atoms with Crippen molar-refractivity contribution in [2.24, 2.45) is 10.7 Å². The molecule has 0 saturated carbocycles. The maximum atomic E-state index is 11.7. The summed E-state index contributed by atoms with van der Waals surface area (Å²) in [6.07, 6.45) is 6.48. The molecule has 2 rings (SSSR count). The van der Waals surface area contributed by atoms with Crippen LogP contribution in [0.25, 0.3) is 0 Å². The van der Waals surface area contributed by atoms with Crippen LogP contribution in [-0.4, -0.2) is 126 Å². The van der Waals surface area contributed by atoms with Gasteiger partial charge in [-0.1, -0.05) is 30.9 Å². The minimum atomic E-state index is -0.997. The number of hydrogen-bond donors (Lipinski definition) is 4. The first-order valence-corrected chi connectivity index (χ1v) is 12.7. The minimum Gasteiger partial charge on any atom is -0.480 e. The highest BCUT2D eigenvalue weighted by Crippen LogP contribution is 2.16. The van der Waals surface area contributed by atoms with Crippen LogP contribution in [0.2, 0.25) is 0 Å². The number of carbonyl (C=O) groups excluding carboxylic acids is 2. The second-order valence-corrected chi connectivity index (χ2v) is 9.17. The van der Waals surface area contributed by atoms with Gasteiger partial charge in [0.25, 0.3) is 0 Å². The van der Waals surface area contributed by atoms with Crippen LogP contribution in [0.1, 0.15) is 5.56 Å². The molecule has 39 heavy (non-hydrogen) atoms. The Morgan fingerprint density at radius 2 is 1.74 bits per heavy atom. The van der Waals surface area contributed by atoms with E-state index in [-0.39, 0.29) is 38.1 Å². The molecule has 0 spiro atoms. The molecular weight excluding hydrogens is 504 g/mol. The Hall–Kier alpha value is -3.71. The highest BCUT2D eigenvalue weighted by Gasteiger charge is 2.25. The molecule has 1 amide bonds. The predicted molar refractivity (Wildman–Crippen MR) is 149 cm³/mol. The van der Waals surface area contributed by atoms with Crippen LogP contribution in [0.4, 0.5) is 5.69 Å². The molecule has 1 aliphatic heterocycles. The fourth-order valence-electron chi connectivity index (χ4n) is 4.30. The van der Waals surface area contributed by atoms with Crippen molar-refractivity contribution in [2.75, 3.05) is 70.8 Å². The van der Waals surface area contributed by atoms with E-state index in [1.54, 1.807) is 40.2 Å². The molecule has 0 aromatic heterocycles. The Kier molecular flexibility index (Phi) is 13.7. The van der Waals surface area contributed by atoms with Crippen molar-refractivity contribution in [1.29, 1.82) is 0 Å². The fourth-order valence-corrected chi connectivity index (χ4v) is 4.30. The normalized spacial score (nSPS) is 18.5. The Morgan fingerprint density at radius 1 is 1.08 bits per heavy atom. The molecular formula is C27H38N6O6. The van der Waals surface area contributed by atoms with Gasteiger partial charge in [0.05, 0.1) is 32.7 Å². The number of hydrogen-bond acceptors (Lipinski definition) is 9. The van der Waals surface area contributed by atoms with Crippen molar-refractivity contribution in [3.05, 3.63) is 54.6 Å². The number of carboxylic acids is 2. The summed E-state index contributed by atoms with van der Waals surface area (Å²) in [6, 6.07) is 6.99. The molecule has 1 aromatic carbocycles. The van der Waals surface area contributed by atoms with Crippen LogP contribution >= 0.6 is 0 Å². The third kappa shape index (κ3) is 12.1. The number of carboxylic acid groups (broad SMARTS) is 2. The lowest BCUT2D eigenvalue weighted by Gasteiger charge is -2.35. The van der Waals surface area contributed by atoms with Crippen molar-refractivity contribution in [2.45, 2.75) is 12.5 Å². The Bertz CT molecular complexity index is 1040. The number of rotatable bonds is 12. The number of nitrogens with two attached hydrogens (primary N) is 1. The van der Waals surface area contributed by atoms with Crippen molar-refractivity contribution in [3.8, 4) is 0 Å². The zero-order chi connectivity index (χ0) is 28.6. The molecule has 0 radical (unpaired) electrons. The molecule has 0 fully saturated rings. The quantitative estimate of drug-likeness (QED) is 0.208. The highest BCUT2D eigenvalue weighted by molar-refractivity contribution is 5.97. The molecule has 1 atom stereocenters. The average Bonchev–Trinajstić information content (AvgIpc) is 2.88. The molecule has 0 saturated heterocycles. The maximum absolute atomic E-state index is 11.7. The summed E-state index contributed by atoms with van der Waals surface area (Å²) in [6.45, 7) is 5.36. The summed E-state index contributed by atoms with van der Waals surface area (Å²) in [5.74, 6) is -2.27. The van der Waals surface area contributed by atoms with Gasteiger partial charge >= 0.3 is 11.9 Å². The van der Waals surface area contributed by atoms with E-state index in [1.165, 1.54) is 0 Å². The topological polar surface area (TPSA) is 169 Å². The van der Waals surface area contributed by atoms with Gasteiger partial charge in [-0.15, -0.1) is 0 Å². The number of anilines is 1. The van der Waals surface area contributed by atoms with E-state index >= 15 is 0 Å². The second kappa shape index (κ2) is 17.0. The number of nitrogens with one attached hydrogen (secondary N) is 1. The van der Waals surface area contributed by atoms with Gasteiger partial charge in [0.15, 0.2) is 0 Å². The van der Waals surface area contributed by atoms with Gasteiger partial charge in [0, 0.05) is 50.2 Å². The molecule has 1 unspecified atom stereocenters. The first-order chi connectivity index (χ1) is 18.7. The first kappa shape index (κ1) is 31.5. The smallest absolute Gasteiger partial charge is 0.317 e. The highest BCUT2D eigenvalue weighted by atomic mass is 16.4. The monoisotopic (exact) mass is 542 g/mol. The number of nitrogens with zero attached hydrogens (tertiary/aromatic N) is 4. The van der Waals surface area contributed by atoms with E-state index in [9.17, 15) is 29.4 Å². The summed E-state index contributed by atoms with van der Waals surface area (Å²) in [4.78, 5) is 56.6. The summed E-state index contributed by atoms with van der Waals surface area (Å²) in [5.41, 5.74) is 7.59.